The summed E-state index contributed by atoms with van der Waals surface area (Å²) in [6.45, 7) is 0. The summed E-state index contributed by atoms with van der Waals surface area (Å²) < 4.78 is 5.55. The largest absolute Gasteiger partial charge is 0.431 e. The lowest BCUT2D eigenvalue weighted by atomic mass is 10.2. The molecule has 0 spiro atoms. The molecule has 7 nitrogen and oxygen atoms in total. The van der Waals surface area contributed by atoms with E-state index in [4.69, 9.17) is 4.42 Å². The second-order valence-electron chi connectivity index (χ2n) is 4.96. The molecule has 0 fully saturated rings. The lowest BCUT2D eigenvalue weighted by Crippen LogP contribution is -2.27. The zero-order valence-electron chi connectivity index (χ0n) is 12.7. The number of amides is 1. The molecule has 3 aromatic rings. The number of hydrogen-bond acceptors (Lipinski definition) is 6. The number of aromatic nitrogens is 1. The summed E-state index contributed by atoms with van der Waals surface area (Å²) in [5.74, 6) is -0.00330. The number of anilines is 1. The Balaban J connectivity index is 1.64. The highest BCUT2D eigenvalue weighted by Gasteiger charge is 2.15. The van der Waals surface area contributed by atoms with E-state index in [2.05, 4.69) is 4.98 Å². The van der Waals surface area contributed by atoms with Crippen LogP contribution in [0.5, 0.6) is 0 Å². The average molecular weight is 343 g/mol. The third-order valence-electron chi connectivity index (χ3n) is 3.42. The van der Waals surface area contributed by atoms with Gasteiger partial charge in [-0.2, -0.15) is 0 Å². The summed E-state index contributed by atoms with van der Waals surface area (Å²) in [5.41, 5.74) is 2.00. The van der Waals surface area contributed by atoms with Gasteiger partial charge in [-0.3, -0.25) is 14.9 Å². The van der Waals surface area contributed by atoms with E-state index >= 15 is 0 Å². The van der Waals surface area contributed by atoms with Gasteiger partial charge in [0.2, 0.25) is 5.91 Å². The Bertz CT molecular complexity index is 859. The second-order valence-corrected chi connectivity index (χ2v) is 5.89. The summed E-state index contributed by atoms with van der Waals surface area (Å²) in [5, 5.41) is 11.1. The van der Waals surface area contributed by atoms with Gasteiger partial charge in [0.25, 0.3) is 10.9 Å². The summed E-state index contributed by atoms with van der Waals surface area (Å²) >= 11 is 1.21. The third kappa shape index (κ3) is 3.38. The van der Waals surface area contributed by atoms with Gasteiger partial charge < -0.3 is 9.32 Å². The molecule has 3 rings (SSSR count). The highest BCUT2D eigenvalue weighted by molar-refractivity contribution is 7.99. The van der Waals surface area contributed by atoms with Crippen LogP contribution in [0.3, 0.4) is 0 Å². The number of non-ortho nitro benzene ring substituents is 1. The zero-order valence-corrected chi connectivity index (χ0v) is 13.5. The maximum absolute atomic E-state index is 12.3. The number of nitro groups is 1. The van der Waals surface area contributed by atoms with Gasteiger partial charge in [-0.05, 0) is 24.3 Å². The van der Waals surface area contributed by atoms with Crippen molar-refractivity contribution < 1.29 is 14.1 Å². The van der Waals surface area contributed by atoms with Crippen LogP contribution < -0.4 is 4.90 Å². The lowest BCUT2D eigenvalue weighted by Gasteiger charge is -2.16. The predicted molar refractivity (Wildman–Crippen MR) is 91.2 cm³/mol. The second kappa shape index (κ2) is 6.71. The number of benzene rings is 2. The summed E-state index contributed by atoms with van der Waals surface area (Å²) in [6, 6.07) is 13.2. The van der Waals surface area contributed by atoms with E-state index < -0.39 is 4.92 Å². The topological polar surface area (TPSA) is 89.5 Å². The van der Waals surface area contributed by atoms with Crippen molar-refractivity contribution in [1.29, 1.82) is 0 Å². The number of para-hydroxylation sites is 2. The van der Waals surface area contributed by atoms with Gasteiger partial charge in [0.05, 0.1) is 10.7 Å². The van der Waals surface area contributed by atoms with E-state index in [-0.39, 0.29) is 17.3 Å². The average Bonchev–Trinajstić information content (AvgIpc) is 3.02. The maximum atomic E-state index is 12.3. The smallest absolute Gasteiger partial charge is 0.269 e. The fourth-order valence-electron chi connectivity index (χ4n) is 2.08. The first-order valence-electron chi connectivity index (χ1n) is 7.04. The van der Waals surface area contributed by atoms with Crippen molar-refractivity contribution in [2.75, 3.05) is 17.7 Å². The van der Waals surface area contributed by atoms with Gasteiger partial charge >= 0.3 is 0 Å². The Morgan fingerprint density at radius 3 is 2.62 bits per heavy atom. The summed E-state index contributed by atoms with van der Waals surface area (Å²) in [6.07, 6.45) is 0. The first kappa shape index (κ1) is 16.0. The van der Waals surface area contributed by atoms with E-state index in [0.29, 0.717) is 16.5 Å². The van der Waals surface area contributed by atoms with Crippen LogP contribution in [-0.4, -0.2) is 28.6 Å². The van der Waals surface area contributed by atoms with Gasteiger partial charge in [0.1, 0.15) is 5.52 Å². The highest BCUT2D eigenvalue weighted by atomic mass is 32.2. The molecule has 1 amide bonds. The molecule has 0 aliphatic carbocycles. The Morgan fingerprint density at radius 1 is 1.25 bits per heavy atom. The van der Waals surface area contributed by atoms with E-state index in [0.717, 1.165) is 5.52 Å². The molecule has 2 aromatic carbocycles. The molecule has 0 unspecified atom stereocenters. The summed E-state index contributed by atoms with van der Waals surface area (Å²) in [4.78, 5) is 28.2. The fourth-order valence-corrected chi connectivity index (χ4v) is 2.83. The van der Waals surface area contributed by atoms with E-state index in [1.165, 1.54) is 28.8 Å². The van der Waals surface area contributed by atoms with E-state index in [9.17, 15) is 14.9 Å². The lowest BCUT2D eigenvalue weighted by molar-refractivity contribution is -0.384. The predicted octanol–water partition coefficient (Wildman–Crippen LogP) is 3.49. The number of oxazole rings is 1. The van der Waals surface area contributed by atoms with Gasteiger partial charge in [0, 0.05) is 24.9 Å². The van der Waals surface area contributed by atoms with Crippen molar-refractivity contribution in [2.45, 2.75) is 5.22 Å². The number of fused-ring (bicyclic) bond motifs is 1. The molecule has 0 atom stereocenters. The van der Waals surface area contributed by atoms with Gasteiger partial charge in [-0.15, -0.1) is 0 Å². The first-order valence-corrected chi connectivity index (χ1v) is 8.02. The standard InChI is InChI=1S/C16H13N3O4S/c1-18(11-6-8-12(9-7-11)19(21)22)15(20)10-24-16-17-13-4-2-3-5-14(13)23-16/h2-9H,10H2,1H3. The zero-order chi connectivity index (χ0) is 17.1. The van der Waals surface area contributed by atoms with Crippen LogP contribution in [0, 0.1) is 10.1 Å². The fraction of sp³-hybridized carbons (Fsp3) is 0.125. The monoisotopic (exact) mass is 343 g/mol. The molecular formula is C16H13N3O4S. The van der Waals surface area contributed by atoms with Crippen LogP contribution in [0.25, 0.3) is 11.1 Å². The Kier molecular flexibility index (Phi) is 4.48. The van der Waals surface area contributed by atoms with Crippen LogP contribution in [0.2, 0.25) is 0 Å². The molecule has 0 saturated heterocycles. The number of thioether (sulfide) groups is 1. The SMILES string of the molecule is CN(C(=O)CSc1nc2ccccc2o1)c1ccc([N+](=O)[O-])cc1. The molecule has 0 N–H and O–H groups in total. The van der Waals surface area contributed by atoms with Crippen molar-refractivity contribution in [1.82, 2.24) is 4.98 Å². The number of carbonyl (C=O) groups excluding carboxylic acids is 1. The van der Waals surface area contributed by atoms with Crippen LogP contribution in [0.4, 0.5) is 11.4 Å². The number of nitrogens with zero attached hydrogens (tertiary/aromatic N) is 3. The van der Waals surface area contributed by atoms with Crippen molar-refractivity contribution in [3.05, 3.63) is 58.6 Å². The van der Waals surface area contributed by atoms with Gasteiger partial charge in [-0.25, -0.2) is 4.98 Å². The van der Waals surface area contributed by atoms with Crippen LogP contribution >= 0.6 is 11.8 Å². The van der Waals surface area contributed by atoms with Crippen molar-refractivity contribution in [3.63, 3.8) is 0 Å². The Hall–Kier alpha value is -2.87. The normalized spacial score (nSPS) is 10.7. The molecule has 0 bridgehead atoms. The number of carbonyl (C=O) groups is 1. The molecule has 0 aliphatic rings. The highest BCUT2D eigenvalue weighted by Crippen LogP contribution is 2.24. The van der Waals surface area contributed by atoms with Crippen molar-refractivity contribution >= 4 is 40.1 Å². The van der Waals surface area contributed by atoms with Gasteiger partial charge in [0.15, 0.2) is 5.58 Å². The maximum Gasteiger partial charge on any atom is 0.269 e. The summed E-state index contributed by atoms with van der Waals surface area (Å²) in [7, 11) is 1.62. The Morgan fingerprint density at radius 2 is 1.96 bits per heavy atom. The Labute approximate surface area is 141 Å². The molecule has 122 valence electrons. The van der Waals surface area contributed by atoms with Crippen LogP contribution in [-0.2, 0) is 4.79 Å². The molecule has 1 heterocycles. The molecule has 8 heteroatoms. The molecule has 24 heavy (non-hydrogen) atoms. The number of nitro benzene ring substituents is 1. The minimum atomic E-state index is -0.477. The molecule has 0 saturated carbocycles. The van der Waals surface area contributed by atoms with Crippen LogP contribution in [0.1, 0.15) is 0 Å². The minimum absolute atomic E-state index is 0.0135. The van der Waals surface area contributed by atoms with Crippen molar-refractivity contribution in [2.24, 2.45) is 0 Å². The van der Waals surface area contributed by atoms with E-state index in [1.54, 1.807) is 19.2 Å². The number of rotatable bonds is 5. The molecule has 1 aromatic heterocycles. The van der Waals surface area contributed by atoms with Crippen LogP contribution in [0.15, 0.2) is 58.2 Å². The quantitative estimate of drug-likeness (QED) is 0.400. The number of hydrogen-bond donors (Lipinski definition) is 0. The molecule has 0 aliphatic heterocycles. The van der Waals surface area contributed by atoms with Gasteiger partial charge in [-0.1, -0.05) is 23.9 Å². The first-order chi connectivity index (χ1) is 11.5. The molecular weight excluding hydrogens is 330 g/mol. The molecule has 0 radical (unpaired) electrons. The third-order valence-corrected chi connectivity index (χ3v) is 4.23. The van der Waals surface area contributed by atoms with E-state index in [1.807, 2.05) is 24.3 Å². The van der Waals surface area contributed by atoms with Crippen molar-refractivity contribution in [3.8, 4) is 0 Å². The minimum Gasteiger partial charge on any atom is -0.431 e.